The summed E-state index contributed by atoms with van der Waals surface area (Å²) in [6.45, 7) is 7.74. The molecule has 0 aromatic carbocycles. The number of carbonyl (C=O) groups is 1. The Bertz CT molecular complexity index is 538. The van der Waals surface area contributed by atoms with Crippen LogP contribution >= 0.6 is 0 Å². The fourth-order valence-corrected chi connectivity index (χ4v) is 3.68. The standard InChI is InChI=1S/C19H33N3O2/c1-5-6-7-10-19(2,3)18(24)22-12-8-9-15(14-22)16(23)17-20-11-13-21(17)4/h11,13,15-16,23H,5-10,12,14H2,1-4H3. The highest BCUT2D eigenvalue weighted by atomic mass is 16.3. The molecule has 2 heterocycles. The Hall–Kier alpha value is -1.36. The maximum Gasteiger partial charge on any atom is 0.228 e. The van der Waals surface area contributed by atoms with Gasteiger partial charge in [-0.25, -0.2) is 4.98 Å². The van der Waals surface area contributed by atoms with E-state index >= 15 is 0 Å². The summed E-state index contributed by atoms with van der Waals surface area (Å²) in [6.07, 6.45) is 9.22. The molecule has 1 aliphatic heterocycles. The molecule has 0 radical (unpaired) electrons. The van der Waals surface area contributed by atoms with Crippen LogP contribution in [0, 0.1) is 11.3 Å². The van der Waals surface area contributed by atoms with E-state index in [0.717, 1.165) is 32.2 Å². The molecule has 2 atom stereocenters. The Labute approximate surface area is 146 Å². The first-order valence-corrected chi connectivity index (χ1v) is 9.31. The van der Waals surface area contributed by atoms with Gasteiger partial charge in [0.15, 0.2) is 0 Å². The number of hydrogen-bond acceptors (Lipinski definition) is 3. The number of hydrogen-bond donors (Lipinski definition) is 1. The van der Waals surface area contributed by atoms with E-state index in [1.54, 1.807) is 6.20 Å². The minimum atomic E-state index is -0.608. The van der Waals surface area contributed by atoms with Crippen molar-refractivity contribution in [2.45, 2.75) is 65.4 Å². The number of likely N-dealkylation sites (tertiary alicyclic amines) is 1. The Morgan fingerprint density at radius 3 is 2.83 bits per heavy atom. The molecule has 5 heteroatoms. The van der Waals surface area contributed by atoms with Crippen LogP contribution in [-0.4, -0.2) is 38.6 Å². The van der Waals surface area contributed by atoms with Gasteiger partial charge in [0.2, 0.25) is 5.91 Å². The zero-order chi connectivity index (χ0) is 17.7. The first-order chi connectivity index (χ1) is 11.4. The molecule has 24 heavy (non-hydrogen) atoms. The number of rotatable bonds is 7. The van der Waals surface area contributed by atoms with Gasteiger partial charge in [0.05, 0.1) is 0 Å². The van der Waals surface area contributed by atoms with Crippen LogP contribution < -0.4 is 0 Å². The van der Waals surface area contributed by atoms with Gasteiger partial charge >= 0.3 is 0 Å². The quantitative estimate of drug-likeness (QED) is 0.778. The van der Waals surface area contributed by atoms with Crippen molar-refractivity contribution in [1.29, 1.82) is 0 Å². The number of carbonyl (C=O) groups excluding carboxylic acids is 1. The monoisotopic (exact) mass is 335 g/mol. The molecule has 1 fully saturated rings. The van der Waals surface area contributed by atoms with Crippen LogP contribution in [0.4, 0.5) is 0 Å². The van der Waals surface area contributed by atoms with Crippen molar-refractivity contribution >= 4 is 5.91 Å². The molecule has 1 aromatic heterocycles. The van der Waals surface area contributed by atoms with Gasteiger partial charge in [-0.3, -0.25) is 4.79 Å². The van der Waals surface area contributed by atoms with Gasteiger partial charge < -0.3 is 14.6 Å². The van der Waals surface area contributed by atoms with Gasteiger partial charge in [-0.1, -0.05) is 40.0 Å². The second kappa shape index (κ2) is 8.15. The van der Waals surface area contributed by atoms with Crippen LogP contribution in [0.5, 0.6) is 0 Å². The van der Waals surface area contributed by atoms with E-state index in [-0.39, 0.29) is 17.2 Å². The third kappa shape index (κ3) is 4.38. The van der Waals surface area contributed by atoms with E-state index in [9.17, 15) is 9.90 Å². The van der Waals surface area contributed by atoms with Crippen molar-refractivity contribution in [1.82, 2.24) is 14.5 Å². The molecule has 5 nitrogen and oxygen atoms in total. The number of aromatic nitrogens is 2. The average Bonchev–Trinajstić information content (AvgIpc) is 2.99. The van der Waals surface area contributed by atoms with Gasteiger partial charge in [-0.15, -0.1) is 0 Å². The van der Waals surface area contributed by atoms with Crippen molar-refractivity contribution in [3.63, 3.8) is 0 Å². The normalized spacial score (nSPS) is 20.2. The lowest BCUT2D eigenvalue weighted by molar-refractivity contribution is -0.143. The summed E-state index contributed by atoms with van der Waals surface area (Å²) >= 11 is 0. The number of aliphatic hydroxyl groups is 1. The summed E-state index contributed by atoms with van der Waals surface area (Å²) in [6, 6.07) is 0. The minimum Gasteiger partial charge on any atom is -0.385 e. The second-order valence-corrected chi connectivity index (χ2v) is 7.84. The highest BCUT2D eigenvalue weighted by Crippen LogP contribution is 2.32. The second-order valence-electron chi connectivity index (χ2n) is 7.84. The predicted octanol–water partition coefficient (Wildman–Crippen LogP) is 3.30. The number of aryl methyl sites for hydroxylation is 1. The van der Waals surface area contributed by atoms with Crippen LogP contribution in [0.25, 0.3) is 0 Å². The summed E-state index contributed by atoms with van der Waals surface area (Å²) in [5, 5.41) is 10.7. The Morgan fingerprint density at radius 1 is 1.46 bits per heavy atom. The highest BCUT2D eigenvalue weighted by Gasteiger charge is 2.36. The Kier molecular flexibility index (Phi) is 6.44. The lowest BCUT2D eigenvalue weighted by Crippen LogP contribution is -2.47. The molecular formula is C19H33N3O2. The number of imidazole rings is 1. The van der Waals surface area contributed by atoms with E-state index in [1.807, 2.05) is 22.7 Å². The summed E-state index contributed by atoms with van der Waals surface area (Å²) in [5.41, 5.74) is -0.314. The van der Waals surface area contributed by atoms with Crippen LogP contribution in [0.3, 0.4) is 0 Å². The van der Waals surface area contributed by atoms with E-state index in [2.05, 4.69) is 25.8 Å². The van der Waals surface area contributed by atoms with Crippen LogP contribution in [0.1, 0.15) is 71.2 Å². The molecule has 1 aromatic rings. The van der Waals surface area contributed by atoms with E-state index in [1.165, 1.54) is 12.8 Å². The predicted molar refractivity (Wildman–Crippen MR) is 95.4 cm³/mol. The third-order valence-corrected chi connectivity index (χ3v) is 5.30. The van der Waals surface area contributed by atoms with Crippen LogP contribution in [0.2, 0.25) is 0 Å². The number of amides is 1. The van der Waals surface area contributed by atoms with Crippen molar-refractivity contribution in [2.75, 3.05) is 13.1 Å². The zero-order valence-corrected chi connectivity index (χ0v) is 15.7. The van der Waals surface area contributed by atoms with Crippen molar-refractivity contribution in [3.8, 4) is 0 Å². The van der Waals surface area contributed by atoms with Gasteiger partial charge in [0.1, 0.15) is 11.9 Å². The number of nitrogens with zero attached hydrogens (tertiary/aromatic N) is 3. The molecule has 0 saturated carbocycles. The number of unbranched alkanes of at least 4 members (excludes halogenated alkanes) is 2. The largest absolute Gasteiger partial charge is 0.385 e. The minimum absolute atomic E-state index is 0.0650. The maximum absolute atomic E-state index is 13.0. The van der Waals surface area contributed by atoms with Gasteiger partial charge in [0, 0.05) is 43.9 Å². The van der Waals surface area contributed by atoms with E-state index in [0.29, 0.717) is 12.4 Å². The van der Waals surface area contributed by atoms with Crippen molar-refractivity contribution < 1.29 is 9.90 Å². The topological polar surface area (TPSA) is 58.4 Å². The fourth-order valence-electron chi connectivity index (χ4n) is 3.68. The molecular weight excluding hydrogens is 302 g/mol. The molecule has 2 rings (SSSR count). The fraction of sp³-hybridized carbons (Fsp3) is 0.789. The molecule has 0 bridgehead atoms. The molecule has 0 spiro atoms. The van der Waals surface area contributed by atoms with Gasteiger partial charge in [-0.2, -0.15) is 0 Å². The summed E-state index contributed by atoms with van der Waals surface area (Å²) in [4.78, 5) is 19.2. The van der Waals surface area contributed by atoms with Crippen LogP contribution in [0.15, 0.2) is 12.4 Å². The SMILES string of the molecule is CCCCCC(C)(C)C(=O)N1CCCC(C(O)c2nccn2C)C1. The average molecular weight is 335 g/mol. The highest BCUT2D eigenvalue weighted by molar-refractivity contribution is 5.82. The van der Waals surface area contributed by atoms with Crippen LogP contribution in [-0.2, 0) is 11.8 Å². The maximum atomic E-state index is 13.0. The molecule has 1 N–H and O–H groups in total. The van der Waals surface area contributed by atoms with E-state index < -0.39 is 6.10 Å². The molecule has 1 saturated heterocycles. The third-order valence-electron chi connectivity index (χ3n) is 5.30. The summed E-state index contributed by atoms with van der Waals surface area (Å²) < 4.78 is 1.86. The van der Waals surface area contributed by atoms with Gasteiger partial charge in [0.25, 0.3) is 0 Å². The molecule has 0 aliphatic carbocycles. The zero-order valence-electron chi connectivity index (χ0n) is 15.7. The number of aliphatic hydroxyl groups excluding tert-OH is 1. The first kappa shape index (κ1) is 19.0. The molecule has 1 amide bonds. The smallest absolute Gasteiger partial charge is 0.228 e. The Morgan fingerprint density at radius 2 is 2.21 bits per heavy atom. The number of piperidine rings is 1. The lowest BCUT2D eigenvalue weighted by Gasteiger charge is -2.39. The Balaban J connectivity index is 1.99. The molecule has 136 valence electrons. The molecule has 1 aliphatic rings. The summed E-state index contributed by atoms with van der Waals surface area (Å²) in [5.74, 6) is 0.988. The summed E-state index contributed by atoms with van der Waals surface area (Å²) in [7, 11) is 1.90. The lowest BCUT2D eigenvalue weighted by atomic mass is 9.83. The van der Waals surface area contributed by atoms with Crippen molar-refractivity contribution in [3.05, 3.63) is 18.2 Å². The first-order valence-electron chi connectivity index (χ1n) is 9.31. The van der Waals surface area contributed by atoms with Gasteiger partial charge in [-0.05, 0) is 19.3 Å². The van der Waals surface area contributed by atoms with E-state index in [4.69, 9.17) is 0 Å². The van der Waals surface area contributed by atoms with Crippen molar-refractivity contribution in [2.24, 2.45) is 18.4 Å². The molecule has 2 unspecified atom stereocenters.